The maximum Gasteiger partial charge on any atom is 0.277 e. The van der Waals surface area contributed by atoms with Crippen molar-refractivity contribution in [3.05, 3.63) is 92.1 Å². The number of likely N-dealkylation sites (tertiary alicyclic amines) is 1. The van der Waals surface area contributed by atoms with Gasteiger partial charge in [0.25, 0.3) is 17.3 Å². The summed E-state index contributed by atoms with van der Waals surface area (Å²) >= 11 is 0. The van der Waals surface area contributed by atoms with E-state index >= 15 is 0 Å². The number of amides is 2. The fraction of sp³-hybridized carbons (Fsp3) is 0.321. The predicted molar refractivity (Wildman–Crippen MR) is 147 cm³/mol. The Balaban J connectivity index is 1.21. The summed E-state index contributed by atoms with van der Waals surface area (Å²) in [6.07, 6.45) is 4.55. The van der Waals surface area contributed by atoms with Crippen LogP contribution in [0.25, 0.3) is 11.1 Å². The van der Waals surface area contributed by atoms with Gasteiger partial charge < -0.3 is 10.6 Å². The van der Waals surface area contributed by atoms with Crippen molar-refractivity contribution in [2.24, 2.45) is 5.92 Å². The topological polar surface area (TPSA) is 161 Å². The third kappa shape index (κ3) is 6.46. The summed E-state index contributed by atoms with van der Waals surface area (Å²) < 4.78 is 0. The summed E-state index contributed by atoms with van der Waals surface area (Å²) in [5, 5.41) is 28.7. The minimum absolute atomic E-state index is 0.00216. The zero-order chi connectivity index (χ0) is 28.2. The van der Waals surface area contributed by atoms with Gasteiger partial charge in [-0.3, -0.25) is 34.7 Å². The van der Waals surface area contributed by atoms with Gasteiger partial charge in [-0.2, -0.15) is 0 Å². The number of non-ortho nitro benzene ring substituents is 1. The largest absolute Gasteiger partial charge is 0.349 e. The molecule has 2 aliphatic rings. The minimum Gasteiger partial charge on any atom is -0.349 e. The number of hydrogen-bond acceptors (Lipinski definition) is 8. The van der Waals surface area contributed by atoms with Gasteiger partial charge in [0.2, 0.25) is 5.91 Å². The van der Waals surface area contributed by atoms with E-state index in [0.29, 0.717) is 49.4 Å². The molecular weight excluding hydrogens is 516 g/mol. The lowest BCUT2D eigenvalue weighted by atomic mass is 10.0. The maximum absolute atomic E-state index is 13.0. The van der Waals surface area contributed by atoms with Crippen molar-refractivity contribution in [2.45, 2.75) is 38.3 Å². The van der Waals surface area contributed by atoms with Crippen molar-refractivity contribution in [2.75, 3.05) is 18.4 Å². The molecule has 2 heterocycles. The number of pyridine rings is 1. The lowest BCUT2D eigenvalue weighted by molar-refractivity contribution is -0.385. The van der Waals surface area contributed by atoms with Crippen molar-refractivity contribution < 1.29 is 19.4 Å². The van der Waals surface area contributed by atoms with Crippen LogP contribution in [0.2, 0.25) is 0 Å². The number of rotatable bonds is 9. The average molecular weight is 545 g/mol. The Labute approximate surface area is 229 Å². The molecule has 0 radical (unpaired) electrons. The van der Waals surface area contributed by atoms with E-state index in [4.69, 9.17) is 0 Å². The van der Waals surface area contributed by atoms with Gasteiger partial charge in [-0.1, -0.05) is 12.1 Å². The van der Waals surface area contributed by atoms with Gasteiger partial charge in [0.15, 0.2) is 0 Å². The molecule has 0 unspecified atom stereocenters. The first kappa shape index (κ1) is 26.9. The number of nitro benzene ring substituents is 2. The van der Waals surface area contributed by atoms with Crippen LogP contribution in [-0.4, -0.2) is 50.7 Å². The van der Waals surface area contributed by atoms with Gasteiger partial charge in [-0.05, 0) is 61.1 Å². The van der Waals surface area contributed by atoms with Crippen LogP contribution in [-0.2, 0) is 11.3 Å². The molecule has 12 nitrogen and oxygen atoms in total. The highest BCUT2D eigenvalue weighted by atomic mass is 16.6. The number of carbonyl (C=O) groups is 2. The van der Waals surface area contributed by atoms with Gasteiger partial charge in [-0.25, -0.2) is 4.98 Å². The van der Waals surface area contributed by atoms with Crippen molar-refractivity contribution >= 4 is 29.0 Å². The average Bonchev–Trinajstić information content (AvgIpc) is 3.80. The van der Waals surface area contributed by atoms with Crippen molar-refractivity contribution in [1.29, 1.82) is 0 Å². The number of carbonyl (C=O) groups excluding carboxylic acids is 2. The van der Waals surface area contributed by atoms with Gasteiger partial charge in [-0.15, -0.1) is 0 Å². The molecule has 5 rings (SSSR count). The van der Waals surface area contributed by atoms with Crippen LogP contribution in [0.15, 0.2) is 60.8 Å². The second-order valence-electron chi connectivity index (χ2n) is 10.1. The number of aromatic nitrogens is 1. The SMILES string of the molecule is O=C(NC1CCN(Cc2cccc([N+](=O)[O-])c2)CC1)c1ccc(-c2ccnc(NC(=O)C3CC3)c2)c([N+](=O)[O-])c1. The fourth-order valence-electron chi connectivity index (χ4n) is 4.84. The molecule has 2 aromatic carbocycles. The van der Waals surface area contributed by atoms with Crippen LogP contribution >= 0.6 is 0 Å². The second-order valence-corrected chi connectivity index (χ2v) is 10.1. The first-order valence-electron chi connectivity index (χ1n) is 13.1. The summed E-state index contributed by atoms with van der Waals surface area (Å²) in [4.78, 5) is 53.4. The number of nitrogens with zero attached hydrogens (tertiary/aromatic N) is 4. The number of piperidine rings is 1. The van der Waals surface area contributed by atoms with Crippen LogP contribution in [0.4, 0.5) is 17.2 Å². The highest BCUT2D eigenvalue weighted by Crippen LogP contribution is 2.33. The van der Waals surface area contributed by atoms with Crippen LogP contribution in [0.1, 0.15) is 41.6 Å². The number of benzene rings is 2. The monoisotopic (exact) mass is 544 g/mol. The molecule has 2 fully saturated rings. The number of anilines is 1. The Morgan fingerprint density at radius 2 is 1.73 bits per heavy atom. The molecule has 40 heavy (non-hydrogen) atoms. The standard InChI is InChI=1S/C28H28N6O6/c35-27(19-4-5-19)31-26-16-20(8-11-29-26)24-7-6-21(15-25(24)34(39)40)28(36)30-22-9-12-32(13-10-22)17-18-2-1-3-23(14-18)33(37)38/h1-3,6-8,11,14-16,19,22H,4-5,9-10,12-13,17H2,(H,30,36)(H,29,31,35). The molecule has 206 valence electrons. The Morgan fingerprint density at radius 1 is 0.950 bits per heavy atom. The summed E-state index contributed by atoms with van der Waals surface area (Å²) in [5.41, 5.74) is 1.72. The number of nitro groups is 2. The van der Waals surface area contributed by atoms with Crippen molar-refractivity contribution in [1.82, 2.24) is 15.2 Å². The lowest BCUT2D eigenvalue weighted by Crippen LogP contribution is -2.44. The summed E-state index contributed by atoms with van der Waals surface area (Å²) in [7, 11) is 0. The van der Waals surface area contributed by atoms with Crippen molar-refractivity contribution in [3.63, 3.8) is 0 Å². The molecule has 0 atom stereocenters. The van der Waals surface area contributed by atoms with E-state index in [1.165, 1.54) is 24.4 Å². The van der Waals surface area contributed by atoms with Gasteiger partial charge in [0.1, 0.15) is 5.82 Å². The number of nitrogens with one attached hydrogen (secondary N) is 2. The van der Waals surface area contributed by atoms with Gasteiger partial charge in [0.05, 0.1) is 15.4 Å². The molecular formula is C28H28N6O6. The molecule has 2 amide bonds. The van der Waals surface area contributed by atoms with Gasteiger partial charge >= 0.3 is 0 Å². The number of hydrogen-bond donors (Lipinski definition) is 2. The van der Waals surface area contributed by atoms with Crippen molar-refractivity contribution in [3.8, 4) is 11.1 Å². The van der Waals surface area contributed by atoms with Gasteiger partial charge in [0, 0.05) is 61.6 Å². The third-order valence-corrected chi connectivity index (χ3v) is 7.18. The summed E-state index contributed by atoms with van der Waals surface area (Å²) in [6.45, 7) is 1.99. The predicted octanol–water partition coefficient (Wildman–Crippen LogP) is 4.31. The van der Waals surface area contributed by atoms with E-state index in [-0.39, 0.29) is 40.7 Å². The summed E-state index contributed by atoms with van der Waals surface area (Å²) in [5.74, 6) is -0.181. The van der Waals surface area contributed by atoms with E-state index in [9.17, 15) is 29.8 Å². The molecule has 12 heteroatoms. The van der Waals surface area contributed by atoms with Crippen LogP contribution in [0.5, 0.6) is 0 Å². The quantitative estimate of drug-likeness (QED) is 0.298. The smallest absolute Gasteiger partial charge is 0.277 e. The first-order valence-corrected chi connectivity index (χ1v) is 13.1. The Bertz CT molecular complexity index is 1470. The van der Waals surface area contributed by atoms with Crippen LogP contribution in [0.3, 0.4) is 0 Å². The molecule has 1 aliphatic carbocycles. The molecule has 1 aliphatic heterocycles. The van der Waals surface area contributed by atoms with E-state index in [0.717, 1.165) is 18.4 Å². The van der Waals surface area contributed by atoms with E-state index in [1.807, 2.05) is 6.07 Å². The molecule has 1 saturated heterocycles. The zero-order valence-corrected chi connectivity index (χ0v) is 21.6. The van der Waals surface area contributed by atoms with E-state index in [1.54, 1.807) is 30.3 Å². The molecule has 0 bridgehead atoms. The van der Waals surface area contributed by atoms with E-state index < -0.39 is 9.85 Å². The zero-order valence-electron chi connectivity index (χ0n) is 21.6. The normalized spacial score (nSPS) is 15.8. The molecule has 1 saturated carbocycles. The second kappa shape index (κ2) is 11.6. The van der Waals surface area contributed by atoms with Crippen LogP contribution < -0.4 is 10.6 Å². The minimum atomic E-state index is -0.526. The Hall–Kier alpha value is -4.71. The molecule has 1 aromatic heterocycles. The van der Waals surface area contributed by atoms with E-state index in [2.05, 4.69) is 20.5 Å². The molecule has 2 N–H and O–H groups in total. The lowest BCUT2D eigenvalue weighted by Gasteiger charge is -2.32. The highest BCUT2D eigenvalue weighted by molar-refractivity contribution is 5.97. The van der Waals surface area contributed by atoms with Crippen LogP contribution in [0, 0.1) is 26.1 Å². The Kier molecular flexibility index (Phi) is 7.78. The maximum atomic E-state index is 13.0. The fourth-order valence-corrected chi connectivity index (χ4v) is 4.84. The first-order chi connectivity index (χ1) is 19.3. The summed E-state index contributed by atoms with van der Waals surface area (Å²) in [6, 6.07) is 14.0. The Morgan fingerprint density at radius 3 is 2.42 bits per heavy atom. The highest BCUT2D eigenvalue weighted by Gasteiger charge is 2.30. The molecule has 3 aromatic rings. The third-order valence-electron chi connectivity index (χ3n) is 7.18. The molecule has 0 spiro atoms.